The number of ether oxygens (including phenoxy) is 1. The highest BCUT2D eigenvalue weighted by Gasteiger charge is 2.12. The minimum Gasteiger partial charge on any atom is -0.484 e. The number of nitrogens with one attached hydrogen (secondary N) is 2. The van der Waals surface area contributed by atoms with E-state index in [1.54, 1.807) is 24.3 Å². The molecule has 0 atom stereocenters. The Labute approximate surface area is 187 Å². The lowest BCUT2D eigenvalue weighted by molar-refractivity contribution is -0.118. The summed E-state index contributed by atoms with van der Waals surface area (Å²) in [5.74, 6) is 0.240. The average molecular weight is 463 g/mol. The molecule has 10 heteroatoms. The van der Waals surface area contributed by atoms with Crippen molar-refractivity contribution in [1.82, 2.24) is 10.2 Å². The first-order valence-electron chi connectivity index (χ1n) is 8.91. The van der Waals surface area contributed by atoms with Crippen LogP contribution in [0.1, 0.15) is 11.1 Å². The number of thioether (sulfide) groups is 1. The molecule has 2 aromatic carbocycles. The van der Waals surface area contributed by atoms with Crippen molar-refractivity contribution in [1.29, 1.82) is 0 Å². The van der Waals surface area contributed by atoms with Crippen LogP contribution in [-0.2, 0) is 9.59 Å². The fraction of sp³-hybridized carbons (Fsp3) is 0.200. The molecule has 0 fully saturated rings. The molecule has 2 amide bonds. The average Bonchev–Trinajstić information content (AvgIpc) is 3.17. The number of carbonyl (C=O) groups is 2. The van der Waals surface area contributed by atoms with Crippen LogP contribution in [0.2, 0.25) is 5.02 Å². The van der Waals surface area contributed by atoms with Gasteiger partial charge in [-0.05, 0) is 55.3 Å². The van der Waals surface area contributed by atoms with Gasteiger partial charge in [-0.2, -0.15) is 0 Å². The Bertz CT molecular complexity index is 1040. The van der Waals surface area contributed by atoms with Crippen LogP contribution in [0.4, 0.5) is 10.8 Å². The van der Waals surface area contributed by atoms with Crippen LogP contribution in [-0.4, -0.2) is 34.4 Å². The van der Waals surface area contributed by atoms with E-state index in [9.17, 15) is 9.59 Å². The lowest BCUT2D eigenvalue weighted by atomic mass is 10.1. The maximum Gasteiger partial charge on any atom is 0.264 e. The third-order valence-electron chi connectivity index (χ3n) is 4.04. The summed E-state index contributed by atoms with van der Waals surface area (Å²) < 4.78 is 5.97. The van der Waals surface area contributed by atoms with Crippen molar-refractivity contribution in [3.8, 4) is 5.75 Å². The third-order valence-corrected chi connectivity index (χ3v) is 6.27. The highest BCUT2D eigenvalue weighted by Crippen LogP contribution is 2.26. The molecule has 2 N–H and O–H groups in total. The molecule has 1 aromatic heterocycles. The van der Waals surface area contributed by atoms with Gasteiger partial charge in [0.05, 0.1) is 5.75 Å². The molecule has 0 aliphatic heterocycles. The van der Waals surface area contributed by atoms with E-state index in [1.165, 1.54) is 23.1 Å². The number of amides is 2. The zero-order valence-electron chi connectivity index (χ0n) is 16.3. The molecule has 156 valence electrons. The maximum absolute atomic E-state index is 12.2. The summed E-state index contributed by atoms with van der Waals surface area (Å²) in [6, 6.07) is 12.5. The van der Waals surface area contributed by atoms with Crippen LogP contribution in [0.15, 0.2) is 46.8 Å². The van der Waals surface area contributed by atoms with Gasteiger partial charge in [0, 0.05) is 10.7 Å². The number of nitrogens with zero attached hydrogens (tertiary/aromatic N) is 2. The van der Waals surface area contributed by atoms with E-state index in [2.05, 4.69) is 20.8 Å². The molecule has 0 saturated heterocycles. The van der Waals surface area contributed by atoms with E-state index in [-0.39, 0.29) is 24.2 Å². The number of aryl methyl sites for hydroxylation is 1. The van der Waals surface area contributed by atoms with E-state index in [0.717, 1.165) is 16.8 Å². The van der Waals surface area contributed by atoms with E-state index in [4.69, 9.17) is 16.3 Å². The minimum absolute atomic E-state index is 0.133. The second kappa shape index (κ2) is 10.4. The van der Waals surface area contributed by atoms with Gasteiger partial charge in [0.25, 0.3) is 5.91 Å². The first kappa shape index (κ1) is 22.1. The van der Waals surface area contributed by atoms with Crippen molar-refractivity contribution in [2.75, 3.05) is 23.0 Å². The lowest BCUT2D eigenvalue weighted by Crippen LogP contribution is -2.20. The van der Waals surface area contributed by atoms with E-state index in [0.29, 0.717) is 20.2 Å². The fourth-order valence-electron chi connectivity index (χ4n) is 2.35. The Morgan fingerprint density at radius 1 is 1.07 bits per heavy atom. The Morgan fingerprint density at radius 3 is 2.60 bits per heavy atom. The van der Waals surface area contributed by atoms with Gasteiger partial charge in [-0.3, -0.25) is 14.9 Å². The van der Waals surface area contributed by atoms with Crippen molar-refractivity contribution >= 4 is 57.3 Å². The van der Waals surface area contributed by atoms with Crippen molar-refractivity contribution in [2.24, 2.45) is 0 Å². The molecule has 0 aliphatic carbocycles. The lowest BCUT2D eigenvalue weighted by Gasteiger charge is -2.09. The van der Waals surface area contributed by atoms with Gasteiger partial charge in [0.15, 0.2) is 10.9 Å². The van der Waals surface area contributed by atoms with Crippen molar-refractivity contribution in [3.05, 3.63) is 58.6 Å². The van der Waals surface area contributed by atoms with Crippen molar-refractivity contribution in [3.63, 3.8) is 0 Å². The number of carbonyl (C=O) groups excluding carboxylic acids is 2. The molecule has 30 heavy (non-hydrogen) atoms. The summed E-state index contributed by atoms with van der Waals surface area (Å²) in [7, 11) is 0. The Hall–Kier alpha value is -2.62. The highest BCUT2D eigenvalue weighted by atomic mass is 35.5. The van der Waals surface area contributed by atoms with Crippen LogP contribution < -0.4 is 15.4 Å². The van der Waals surface area contributed by atoms with Crippen LogP contribution in [0.25, 0.3) is 0 Å². The second-order valence-corrected chi connectivity index (χ2v) is 8.88. The molecule has 0 saturated carbocycles. The third kappa shape index (κ3) is 6.45. The summed E-state index contributed by atoms with van der Waals surface area (Å²) in [5.41, 5.74) is 2.95. The summed E-state index contributed by atoms with van der Waals surface area (Å²) in [6.07, 6.45) is 0. The number of rotatable bonds is 8. The quantitative estimate of drug-likeness (QED) is 0.376. The molecule has 0 spiro atoms. The standard InChI is InChI=1S/C20H19ClN4O3S2/c1-12-4-3-5-16(13(12)2)22-18(27)11-29-20-25-24-19(30-20)23-17(26)10-28-15-8-6-14(21)7-9-15/h3-9H,10-11H2,1-2H3,(H,22,27)(H,23,24,26). The minimum atomic E-state index is -0.356. The summed E-state index contributed by atoms with van der Waals surface area (Å²) in [5, 5.41) is 14.4. The predicted octanol–water partition coefficient (Wildman–Crippen LogP) is 4.56. The van der Waals surface area contributed by atoms with Gasteiger partial charge in [0.1, 0.15) is 5.75 Å². The van der Waals surface area contributed by atoms with Gasteiger partial charge < -0.3 is 10.1 Å². The van der Waals surface area contributed by atoms with Crippen LogP contribution in [0, 0.1) is 13.8 Å². The second-order valence-electron chi connectivity index (χ2n) is 6.25. The zero-order valence-corrected chi connectivity index (χ0v) is 18.7. The number of hydrogen-bond acceptors (Lipinski definition) is 7. The zero-order chi connectivity index (χ0) is 21.5. The van der Waals surface area contributed by atoms with Gasteiger partial charge in [0.2, 0.25) is 11.0 Å². The van der Waals surface area contributed by atoms with Crippen LogP contribution in [0.5, 0.6) is 5.75 Å². The number of anilines is 2. The molecular formula is C20H19ClN4O3S2. The Kier molecular flexibility index (Phi) is 7.67. The molecule has 0 radical (unpaired) electrons. The normalized spacial score (nSPS) is 10.5. The Morgan fingerprint density at radius 2 is 1.83 bits per heavy atom. The predicted molar refractivity (Wildman–Crippen MR) is 121 cm³/mol. The smallest absolute Gasteiger partial charge is 0.264 e. The topological polar surface area (TPSA) is 93.2 Å². The number of benzene rings is 2. The summed E-state index contributed by atoms with van der Waals surface area (Å²) in [4.78, 5) is 24.2. The molecule has 3 rings (SSSR count). The molecule has 0 unspecified atom stereocenters. The van der Waals surface area contributed by atoms with Gasteiger partial charge in [-0.1, -0.05) is 46.8 Å². The molecule has 3 aromatic rings. The summed E-state index contributed by atoms with van der Waals surface area (Å²) >= 11 is 8.26. The number of halogens is 1. The molecule has 0 bridgehead atoms. The maximum atomic E-state index is 12.2. The monoisotopic (exact) mass is 462 g/mol. The van der Waals surface area contributed by atoms with E-state index >= 15 is 0 Å². The van der Waals surface area contributed by atoms with Crippen molar-refractivity contribution < 1.29 is 14.3 Å². The number of hydrogen-bond donors (Lipinski definition) is 2. The van der Waals surface area contributed by atoms with Gasteiger partial charge >= 0.3 is 0 Å². The molecular weight excluding hydrogens is 444 g/mol. The van der Waals surface area contributed by atoms with Gasteiger partial charge in [-0.15, -0.1) is 10.2 Å². The van der Waals surface area contributed by atoms with Crippen LogP contribution in [0.3, 0.4) is 0 Å². The summed E-state index contributed by atoms with van der Waals surface area (Å²) in [6.45, 7) is 3.80. The van der Waals surface area contributed by atoms with Crippen LogP contribution >= 0.6 is 34.7 Å². The molecule has 1 heterocycles. The highest BCUT2D eigenvalue weighted by molar-refractivity contribution is 8.01. The number of aromatic nitrogens is 2. The van der Waals surface area contributed by atoms with Gasteiger partial charge in [-0.25, -0.2) is 0 Å². The molecule has 0 aliphatic rings. The first-order valence-corrected chi connectivity index (χ1v) is 11.1. The van der Waals surface area contributed by atoms with E-state index in [1.807, 2.05) is 32.0 Å². The first-order chi connectivity index (χ1) is 14.4. The Balaban J connectivity index is 1.44. The van der Waals surface area contributed by atoms with E-state index < -0.39 is 0 Å². The largest absolute Gasteiger partial charge is 0.484 e. The SMILES string of the molecule is Cc1cccc(NC(=O)CSc2nnc(NC(=O)COc3ccc(Cl)cc3)s2)c1C. The van der Waals surface area contributed by atoms with Crippen molar-refractivity contribution in [2.45, 2.75) is 18.2 Å². The molecule has 7 nitrogen and oxygen atoms in total. The fourth-order valence-corrected chi connectivity index (χ4v) is 4.05.